The van der Waals surface area contributed by atoms with Gasteiger partial charge in [-0.25, -0.2) is 0 Å². The SMILES string of the molecule is COc1ccc([C@@H]2CNCCN2C)cc1OC. The minimum absolute atomic E-state index is 0.406. The fraction of sp³-hybridized carbons (Fsp3) is 0.538. The second-order valence-corrected chi connectivity index (χ2v) is 4.31. The van der Waals surface area contributed by atoms with Crippen molar-refractivity contribution < 1.29 is 9.47 Å². The van der Waals surface area contributed by atoms with E-state index in [9.17, 15) is 0 Å². The number of methoxy groups -OCH3 is 2. The van der Waals surface area contributed by atoms with E-state index in [1.165, 1.54) is 5.56 Å². The van der Waals surface area contributed by atoms with Crippen LogP contribution in [0.1, 0.15) is 11.6 Å². The Morgan fingerprint density at radius 2 is 2.00 bits per heavy atom. The average Bonchev–Trinajstić information content (AvgIpc) is 2.38. The fourth-order valence-electron chi connectivity index (χ4n) is 2.24. The minimum Gasteiger partial charge on any atom is -0.493 e. The lowest BCUT2D eigenvalue weighted by atomic mass is 10.0. The number of benzene rings is 1. The zero-order chi connectivity index (χ0) is 12.3. The Morgan fingerprint density at radius 3 is 2.65 bits per heavy atom. The molecule has 17 heavy (non-hydrogen) atoms. The monoisotopic (exact) mass is 236 g/mol. The number of hydrogen-bond acceptors (Lipinski definition) is 4. The molecule has 0 radical (unpaired) electrons. The molecule has 0 unspecified atom stereocenters. The molecule has 0 aliphatic carbocycles. The maximum Gasteiger partial charge on any atom is 0.161 e. The first-order valence-electron chi connectivity index (χ1n) is 5.89. The first-order valence-corrected chi connectivity index (χ1v) is 5.89. The zero-order valence-corrected chi connectivity index (χ0v) is 10.7. The van der Waals surface area contributed by atoms with Crippen LogP contribution in [-0.4, -0.2) is 45.8 Å². The molecule has 1 atom stereocenters. The van der Waals surface area contributed by atoms with Gasteiger partial charge in [-0.3, -0.25) is 4.90 Å². The van der Waals surface area contributed by atoms with Gasteiger partial charge in [-0.15, -0.1) is 0 Å². The van der Waals surface area contributed by atoms with Gasteiger partial charge in [-0.1, -0.05) is 6.07 Å². The van der Waals surface area contributed by atoms with Crippen molar-refractivity contribution in [2.75, 3.05) is 40.9 Å². The van der Waals surface area contributed by atoms with Gasteiger partial charge in [0.2, 0.25) is 0 Å². The summed E-state index contributed by atoms with van der Waals surface area (Å²) < 4.78 is 10.6. The summed E-state index contributed by atoms with van der Waals surface area (Å²) in [6.45, 7) is 3.10. The average molecular weight is 236 g/mol. The predicted octanol–water partition coefficient (Wildman–Crippen LogP) is 1.28. The van der Waals surface area contributed by atoms with Crippen LogP contribution in [0.2, 0.25) is 0 Å². The third-order valence-corrected chi connectivity index (χ3v) is 3.30. The summed E-state index contributed by atoms with van der Waals surface area (Å²) in [5.74, 6) is 1.58. The quantitative estimate of drug-likeness (QED) is 0.857. The van der Waals surface area contributed by atoms with Crippen LogP contribution in [-0.2, 0) is 0 Å². The molecule has 0 saturated carbocycles. The Kier molecular flexibility index (Phi) is 3.86. The molecule has 1 saturated heterocycles. The van der Waals surface area contributed by atoms with Crippen molar-refractivity contribution in [3.05, 3.63) is 23.8 Å². The van der Waals surface area contributed by atoms with Crippen LogP contribution in [0.25, 0.3) is 0 Å². The van der Waals surface area contributed by atoms with Gasteiger partial charge >= 0.3 is 0 Å². The van der Waals surface area contributed by atoms with E-state index < -0.39 is 0 Å². The molecule has 4 nitrogen and oxygen atoms in total. The highest BCUT2D eigenvalue weighted by Gasteiger charge is 2.21. The number of hydrogen-bond donors (Lipinski definition) is 1. The van der Waals surface area contributed by atoms with E-state index in [2.05, 4.69) is 29.4 Å². The molecule has 0 amide bonds. The summed E-state index contributed by atoms with van der Waals surface area (Å²) in [7, 11) is 5.48. The van der Waals surface area contributed by atoms with Crippen LogP contribution in [0, 0.1) is 0 Å². The van der Waals surface area contributed by atoms with Crippen molar-refractivity contribution in [3.8, 4) is 11.5 Å². The number of piperazine rings is 1. The van der Waals surface area contributed by atoms with E-state index in [1.54, 1.807) is 14.2 Å². The number of ether oxygens (including phenoxy) is 2. The van der Waals surface area contributed by atoms with Crippen molar-refractivity contribution >= 4 is 0 Å². The zero-order valence-electron chi connectivity index (χ0n) is 10.7. The van der Waals surface area contributed by atoms with Gasteiger partial charge in [-0.05, 0) is 24.7 Å². The molecule has 1 heterocycles. The molecule has 4 heteroatoms. The second kappa shape index (κ2) is 5.38. The molecule has 0 aromatic heterocycles. The van der Waals surface area contributed by atoms with Crippen molar-refractivity contribution in [2.24, 2.45) is 0 Å². The number of nitrogens with one attached hydrogen (secondary N) is 1. The lowest BCUT2D eigenvalue weighted by molar-refractivity contribution is 0.202. The van der Waals surface area contributed by atoms with E-state index in [-0.39, 0.29) is 0 Å². The van der Waals surface area contributed by atoms with Gasteiger partial charge in [-0.2, -0.15) is 0 Å². The van der Waals surface area contributed by atoms with E-state index in [4.69, 9.17) is 9.47 Å². The molecule has 0 spiro atoms. The minimum atomic E-state index is 0.406. The Labute approximate surface area is 103 Å². The van der Waals surface area contributed by atoms with Crippen LogP contribution in [0.4, 0.5) is 0 Å². The number of rotatable bonds is 3. The summed E-state index contributed by atoms with van der Waals surface area (Å²) in [5, 5.41) is 3.42. The van der Waals surface area contributed by atoms with E-state index in [1.807, 2.05) is 6.07 Å². The molecule has 1 aliphatic heterocycles. The first-order chi connectivity index (χ1) is 8.26. The summed E-state index contributed by atoms with van der Waals surface area (Å²) in [6.07, 6.45) is 0. The summed E-state index contributed by atoms with van der Waals surface area (Å²) in [5.41, 5.74) is 1.26. The molecule has 94 valence electrons. The summed E-state index contributed by atoms with van der Waals surface area (Å²) in [4.78, 5) is 2.36. The molecule has 1 fully saturated rings. The smallest absolute Gasteiger partial charge is 0.161 e. The standard InChI is InChI=1S/C13H20N2O2/c1-15-7-6-14-9-11(15)10-4-5-12(16-2)13(8-10)17-3/h4-5,8,11,14H,6-7,9H2,1-3H3/t11-/m0/s1. The highest BCUT2D eigenvalue weighted by molar-refractivity contribution is 5.44. The van der Waals surface area contributed by atoms with E-state index >= 15 is 0 Å². The topological polar surface area (TPSA) is 33.7 Å². The van der Waals surface area contributed by atoms with Crippen molar-refractivity contribution in [1.82, 2.24) is 10.2 Å². The lowest BCUT2D eigenvalue weighted by Crippen LogP contribution is -2.43. The molecular formula is C13H20N2O2. The second-order valence-electron chi connectivity index (χ2n) is 4.31. The van der Waals surface area contributed by atoms with Crippen LogP contribution in [0.3, 0.4) is 0 Å². The highest BCUT2D eigenvalue weighted by Crippen LogP contribution is 2.31. The van der Waals surface area contributed by atoms with Crippen molar-refractivity contribution in [1.29, 1.82) is 0 Å². The van der Waals surface area contributed by atoms with Crippen molar-refractivity contribution in [2.45, 2.75) is 6.04 Å². The van der Waals surface area contributed by atoms with Gasteiger partial charge in [0.1, 0.15) is 0 Å². The molecule has 0 bridgehead atoms. The van der Waals surface area contributed by atoms with Gasteiger partial charge in [0.25, 0.3) is 0 Å². The normalized spacial score (nSPS) is 21.2. The lowest BCUT2D eigenvalue weighted by Gasteiger charge is -2.33. The molecule has 1 aliphatic rings. The van der Waals surface area contributed by atoms with E-state index in [0.717, 1.165) is 31.1 Å². The molecule has 1 N–H and O–H groups in total. The highest BCUT2D eigenvalue weighted by atomic mass is 16.5. The van der Waals surface area contributed by atoms with Gasteiger partial charge in [0.05, 0.1) is 14.2 Å². The molecule has 1 aromatic rings. The predicted molar refractivity (Wildman–Crippen MR) is 67.8 cm³/mol. The summed E-state index contributed by atoms with van der Waals surface area (Å²) in [6, 6.07) is 6.54. The van der Waals surface area contributed by atoms with Gasteiger partial charge < -0.3 is 14.8 Å². The Balaban J connectivity index is 2.25. The number of likely N-dealkylation sites (N-methyl/N-ethyl adjacent to an activating group) is 1. The third kappa shape index (κ3) is 2.53. The van der Waals surface area contributed by atoms with Crippen LogP contribution in [0.5, 0.6) is 11.5 Å². The molecular weight excluding hydrogens is 216 g/mol. The number of nitrogens with zero attached hydrogens (tertiary/aromatic N) is 1. The van der Waals surface area contributed by atoms with Gasteiger partial charge in [0, 0.05) is 25.7 Å². The molecule has 1 aromatic carbocycles. The first kappa shape index (κ1) is 12.2. The van der Waals surface area contributed by atoms with Crippen LogP contribution < -0.4 is 14.8 Å². The van der Waals surface area contributed by atoms with Gasteiger partial charge in [0.15, 0.2) is 11.5 Å². The van der Waals surface area contributed by atoms with E-state index in [0.29, 0.717) is 6.04 Å². The Morgan fingerprint density at radius 1 is 1.24 bits per heavy atom. The maximum atomic E-state index is 5.34. The van der Waals surface area contributed by atoms with Crippen LogP contribution >= 0.6 is 0 Å². The Bertz CT molecular complexity index is 382. The third-order valence-electron chi connectivity index (χ3n) is 3.30. The van der Waals surface area contributed by atoms with Crippen molar-refractivity contribution in [3.63, 3.8) is 0 Å². The maximum absolute atomic E-state index is 5.34. The molecule has 2 rings (SSSR count). The Hall–Kier alpha value is -1.26. The fourth-order valence-corrected chi connectivity index (χ4v) is 2.24. The summed E-state index contributed by atoms with van der Waals surface area (Å²) >= 11 is 0. The largest absolute Gasteiger partial charge is 0.493 e. The van der Waals surface area contributed by atoms with Crippen LogP contribution in [0.15, 0.2) is 18.2 Å².